The van der Waals surface area contributed by atoms with Crippen LogP contribution in [-0.4, -0.2) is 61.2 Å². The highest BCUT2D eigenvalue weighted by Gasteiger charge is 2.33. The minimum atomic E-state index is -3.53. The monoisotopic (exact) mass is 506 g/mol. The number of benzene rings is 1. The Hall–Kier alpha value is -3.51. The molecule has 3 rings (SSSR count). The number of nitro groups is 1. The van der Waals surface area contributed by atoms with Crippen molar-refractivity contribution in [3.63, 3.8) is 0 Å². The van der Waals surface area contributed by atoms with Crippen molar-refractivity contribution in [2.75, 3.05) is 31.0 Å². The quantitative estimate of drug-likeness (QED) is 0.380. The van der Waals surface area contributed by atoms with Gasteiger partial charge in [-0.2, -0.15) is 0 Å². The molecule has 0 aliphatic carbocycles. The number of anilines is 1. The molecule has 1 aliphatic rings. The Morgan fingerprint density at radius 3 is 2.63 bits per heavy atom. The number of nitrogens with one attached hydrogen (secondary N) is 1. The van der Waals surface area contributed by atoms with E-state index in [9.17, 15) is 22.9 Å². The van der Waals surface area contributed by atoms with E-state index < -0.39 is 32.7 Å². The molecule has 0 saturated heterocycles. The van der Waals surface area contributed by atoms with Crippen molar-refractivity contribution in [2.45, 2.75) is 25.9 Å². The first kappa shape index (κ1) is 26.1. The van der Waals surface area contributed by atoms with Gasteiger partial charge in [0, 0.05) is 29.1 Å². The van der Waals surface area contributed by atoms with Gasteiger partial charge in [0.2, 0.25) is 5.82 Å². The van der Waals surface area contributed by atoms with Crippen LogP contribution in [0.2, 0.25) is 0 Å². The largest absolute Gasteiger partial charge is 0.495 e. The highest BCUT2D eigenvalue weighted by Crippen LogP contribution is 2.36. The number of hydrogen-bond donors (Lipinski definition) is 1. The van der Waals surface area contributed by atoms with Crippen LogP contribution in [-0.2, 0) is 19.4 Å². The van der Waals surface area contributed by atoms with Gasteiger partial charge in [-0.3, -0.25) is 15.0 Å². The molecule has 1 aliphatic heterocycles. The summed E-state index contributed by atoms with van der Waals surface area (Å²) >= 11 is 0. The van der Waals surface area contributed by atoms with Crippen LogP contribution in [0, 0.1) is 22.9 Å². The van der Waals surface area contributed by atoms with E-state index in [1.165, 1.54) is 43.5 Å². The van der Waals surface area contributed by atoms with E-state index in [-0.39, 0.29) is 40.6 Å². The first-order chi connectivity index (χ1) is 16.6. The lowest BCUT2D eigenvalue weighted by Gasteiger charge is -2.35. The third kappa shape index (κ3) is 6.14. The van der Waals surface area contributed by atoms with Gasteiger partial charge in [0.15, 0.2) is 0 Å². The zero-order valence-electron chi connectivity index (χ0n) is 19.8. The first-order valence-electron chi connectivity index (χ1n) is 10.7. The lowest BCUT2D eigenvalue weighted by atomic mass is 10.0. The van der Waals surface area contributed by atoms with Crippen molar-refractivity contribution in [3.8, 4) is 11.1 Å². The lowest BCUT2D eigenvalue weighted by Crippen LogP contribution is -2.48. The molecule has 0 radical (unpaired) electrons. The normalized spacial score (nSPS) is 16.5. The summed E-state index contributed by atoms with van der Waals surface area (Å²) in [7, 11) is -2.04. The van der Waals surface area contributed by atoms with E-state index in [1.54, 1.807) is 31.3 Å². The average Bonchev–Trinajstić information content (AvgIpc) is 2.78. The summed E-state index contributed by atoms with van der Waals surface area (Å²) < 4.78 is 44.1. The Bertz CT molecular complexity index is 1260. The fraction of sp³-hybridized carbons (Fsp3) is 0.348. The van der Waals surface area contributed by atoms with E-state index in [2.05, 4.69) is 10.3 Å². The van der Waals surface area contributed by atoms with Gasteiger partial charge >= 0.3 is 5.69 Å². The summed E-state index contributed by atoms with van der Waals surface area (Å²) in [6, 6.07) is 4.37. The molecular weight excluding hydrogens is 479 g/mol. The van der Waals surface area contributed by atoms with Gasteiger partial charge in [-0.05, 0) is 26.0 Å². The molecule has 2 atom stereocenters. The summed E-state index contributed by atoms with van der Waals surface area (Å²) in [4.78, 5) is 21.3. The van der Waals surface area contributed by atoms with E-state index in [0.717, 1.165) is 6.26 Å². The Kier molecular flexibility index (Phi) is 8.07. The van der Waals surface area contributed by atoms with Gasteiger partial charge in [0.05, 0.1) is 42.7 Å². The molecule has 1 aromatic carbocycles. The molecule has 2 unspecified atom stereocenters. The van der Waals surface area contributed by atoms with Crippen LogP contribution < -0.4 is 5.32 Å². The second-order valence-corrected chi connectivity index (χ2v) is 10.1. The molecular formula is C23H27FN4O6S. The minimum Gasteiger partial charge on any atom is -0.495 e. The van der Waals surface area contributed by atoms with Gasteiger partial charge in [-0.15, -0.1) is 0 Å². The SMILES string of the molecule is CCON1C=C(OC)C=CC1C(CS(C)(=O)=O)Nc1ncc(-c2ccccc2F)c(C)c1[N+](=O)[O-]. The van der Waals surface area contributed by atoms with Gasteiger partial charge in [-0.1, -0.05) is 24.3 Å². The van der Waals surface area contributed by atoms with Crippen LogP contribution in [0.3, 0.4) is 0 Å². The van der Waals surface area contributed by atoms with Gasteiger partial charge in [0.1, 0.15) is 21.4 Å². The number of halogens is 1. The lowest BCUT2D eigenvalue weighted by molar-refractivity contribution is -0.384. The highest BCUT2D eigenvalue weighted by atomic mass is 32.2. The number of sulfone groups is 1. The zero-order chi connectivity index (χ0) is 25.8. The molecule has 2 heterocycles. The van der Waals surface area contributed by atoms with Gasteiger partial charge < -0.3 is 10.1 Å². The fourth-order valence-electron chi connectivity index (χ4n) is 3.84. The van der Waals surface area contributed by atoms with Crippen LogP contribution in [0.5, 0.6) is 0 Å². The van der Waals surface area contributed by atoms with Crippen LogP contribution in [0.15, 0.2) is 54.6 Å². The topological polar surface area (TPSA) is 124 Å². The molecule has 10 nitrogen and oxygen atoms in total. The number of aromatic nitrogens is 1. The number of hydroxylamine groups is 2. The van der Waals surface area contributed by atoms with Gasteiger partial charge in [-0.25, -0.2) is 22.9 Å². The Labute approximate surface area is 203 Å². The second-order valence-electron chi connectivity index (χ2n) is 7.94. The summed E-state index contributed by atoms with van der Waals surface area (Å²) in [5.41, 5.74) is 0.259. The molecule has 0 saturated carbocycles. The number of rotatable bonds is 10. The van der Waals surface area contributed by atoms with E-state index in [0.29, 0.717) is 5.76 Å². The van der Waals surface area contributed by atoms with Crippen molar-refractivity contribution in [1.29, 1.82) is 0 Å². The van der Waals surface area contributed by atoms with Crippen molar-refractivity contribution >= 4 is 21.3 Å². The summed E-state index contributed by atoms with van der Waals surface area (Å²) in [5.74, 6) is -0.549. The minimum absolute atomic E-state index is 0.132. The van der Waals surface area contributed by atoms with Crippen LogP contribution >= 0.6 is 0 Å². The number of ether oxygens (including phenoxy) is 1. The fourth-order valence-corrected chi connectivity index (χ4v) is 4.77. The molecule has 0 spiro atoms. The number of nitrogens with zero attached hydrogens (tertiary/aromatic N) is 3. The maximum atomic E-state index is 14.4. The van der Waals surface area contributed by atoms with E-state index in [4.69, 9.17) is 9.57 Å². The second kappa shape index (κ2) is 10.8. The predicted octanol–water partition coefficient (Wildman–Crippen LogP) is 3.61. The zero-order valence-corrected chi connectivity index (χ0v) is 20.6. The maximum absolute atomic E-state index is 14.4. The molecule has 0 amide bonds. The third-order valence-electron chi connectivity index (χ3n) is 5.39. The molecule has 188 valence electrons. The molecule has 12 heteroatoms. The first-order valence-corrected chi connectivity index (χ1v) is 12.8. The molecule has 0 bridgehead atoms. The third-order valence-corrected chi connectivity index (χ3v) is 6.35. The number of hydrogen-bond acceptors (Lipinski definition) is 9. The highest BCUT2D eigenvalue weighted by molar-refractivity contribution is 7.90. The summed E-state index contributed by atoms with van der Waals surface area (Å²) in [6.45, 7) is 3.56. The molecule has 35 heavy (non-hydrogen) atoms. The van der Waals surface area contributed by atoms with Crippen LogP contribution in [0.1, 0.15) is 12.5 Å². The number of allylic oxidation sites excluding steroid dienone is 1. The predicted molar refractivity (Wildman–Crippen MR) is 130 cm³/mol. The van der Waals surface area contributed by atoms with Crippen molar-refractivity contribution in [2.24, 2.45) is 0 Å². The molecule has 1 N–H and O–H groups in total. The molecule has 1 aromatic heterocycles. The standard InChI is InChI=1S/C23H27FN4O6S/c1-5-34-27-13-16(33-3)10-11-21(27)20(14-35(4,31)32)26-23-22(28(29)30)15(2)18(12-25-23)17-8-6-7-9-19(17)24/h6-13,20-21H,5,14H2,1-4H3,(H,25,26). The molecule has 0 fully saturated rings. The smallest absolute Gasteiger partial charge is 0.314 e. The van der Waals surface area contributed by atoms with Crippen molar-refractivity contribution < 1.29 is 27.3 Å². The van der Waals surface area contributed by atoms with Crippen LogP contribution in [0.4, 0.5) is 15.9 Å². The van der Waals surface area contributed by atoms with E-state index in [1.807, 2.05) is 0 Å². The van der Waals surface area contributed by atoms with Crippen molar-refractivity contribution in [3.05, 3.63) is 76.1 Å². The van der Waals surface area contributed by atoms with Crippen LogP contribution in [0.25, 0.3) is 11.1 Å². The Balaban J connectivity index is 2.07. The maximum Gasteiger partial charge on any atom is 0.314 e. The Morgan fingerprint density at radius 2 is 2.03 bits per heavy atom. The average molecular weight is 507 g/mol. The molecule has 2 aromatic rings. The summed E-state index contributed by atoms with van der Waals surface area (Å²) in [6.07, 6.45) is 7.32. The van der Waals surface area contributed by atoms with Crippen molar-refractivity contribution in [1.82, 2.24) is 10.0 Å². The summed E-state index contributed by atoms with van der Waals surface area (Å²) in [5, 5.41) is 16.4. The number of methoxy groups -OCH3 is 1. The number of pyridine rings is 1. The van der Waals surface area contributed by atoms with E-state index >= 15 is 0 Å². The Morgan fingerprint density at radius 1 is 1.31 bits per heavy atom. The van der Waals surface area contributed by atoms with Gasteiger partial charge in [0.25, 0.3) is 0 Å².